The van der Waals surface area contributed by atoms with Crippen molar-refractivity contribution in [1.82, 2.24) is 9.97 Å². The van der Waals surface area contributed by atoms with Crippen LogP contribution >= 0.6 is 0 Å². The lowest BCUT2D eigenvalue weighted by atomic mass is 10.2. The standard InChI is InChI=1S/C18H14F2N4O2/c1-26-18(25)11-3-2-4-12(7-11)23-16-9-17(22-10-21-16)24-13-5-6-14(19)15(20)8-13/h2-10H,1H3,(H2,21,22,23,24). The smallest absolute Gasteiger partial charge is 0.337 e. The molecular weight excluding hydrogens is 342 g/mol. The Morgan fingerprint density at radius 1 is 0.923 bits per heavy atom. The van der Waals surface area contributed by atoms with Crippen molar-refractivity contribution in [3.63, 3.8) is 0 Å². The van der Waals surface area contributed by atoms with Gasteiger partial charge in [0.05, 0.1) is 12.7 Å². The summed E-state index contributed by atoms with van der Waals surface area (Å²) in [6.45, 7) is 0. The van der Waals surface area contributed by atoms with Crippen LogP contribution in [0.3, 0.4) is 0 Å². The van der Waals surface area contributed by atoms with E-state index in [9.17, 15) is 13.6 Å². The van der Waals surface area contributed by atoms with Gasteiger partial charge in [0.15, 0.2) is 11.6 Å². The van der Waals surface area contributed by atoms with Crippen LogP contribution in [0.2, 0.25) is 0 Å². The number of methoxy groups -OCH3 is 1. The first kappa shape index (κ1) is 17.3. The molecule has 0 saturated carbocycles. The molecule has 1 aromatic heterocycles. The molecule has 1 heterocycles. The third kappa shape index (κ3) is 4.10. The second kappa shape index (κ2) is 7.56. The Morgan fingerprint density at radius 2 is 1.62 bits per heavy atom. The highest BCUT2D eigenvalue weighted by molar-refractivity contribution is 5.90. The first-order valence-electron chi connectivity index (χ1n) is 7.54. The molecule has 3 aromatic rings. The van der Waals surface area contributed by atoms with E-state index in [1.54, 1.807) is 30.3 Å². The molecule has 132 valence electrons. The van der Waals surface area contributed by atoms with Crippen molar-refractivity contribution in [3.8, 4) is 0 Å². The van der Waals surface area contributed by atoms with Crippen molar-refractivity contribution in [1.29, 1.82) is 0 Å². The normalized spacial score (nSPS) is 10.3. The van der Waals surface area contributed by atoms with E-state index in [1.165, 1.54) is 19.5 Å². The van der Waals surface area contributed by atoms with Crippen molar-refractivity contribution in [2.45, 2.75) is 0 Å². The summed E-state index contributed by atoms with van der Waals surface area (Å²) in [5, 5.41) is 5.90. The number of rotatable bonds is 5. The fourth-order valence-electron chi connectivity index (χ4n) is 2.21. The summed E-state index contributed by atoms with van der Waals surface area (Å²) >= 11 is 0. The maximum atomic E-state index is 13.3. The van der Waals surface area contributed by atoms with Crippen molar-refractivity contribution in [3.05, 3.63) is 72.1 Å². The van der Waals surface area contributed by atoms with Crippen molar-refractivity contribution >= 4 is 29.0 Å². The Hall–Kier alpha value is -3.55. The van der Waals surface area contributed by atoms with Crippen LogP contribution in [0.25, 0.3) is 0 Å². The van der Waals surface area contributed by atoms with Crippen LogP contribution in [0.5, 0.6) is 0 Å². The number of nitrogens with one attached hydrogen (secondary N) is 2. The first-order valence-corrected chi connectivity index (χ1v) is 7.54. The Labute approximate surface area is 147 Å². The molecular formula is C18H14F2N4O2. The molecule has 0 radical (unpaired) electrons. The van der Waals surface area contributed by atoms with Gasteiger partial charge in [0, 0.05) is 23.5 Å². The maximum Gasteiger partial charge on any atom is 0.337 e. The maximum absolute atomic E-state index is 13.3. The summed E-state index contributed by atoms with van der Waals surface area (Å²) in [5.74, 6) is -1.49. The minimum Gasteiger partial charge on any atom is -0.465 e. The number of ether oxygens (including phenoxy) is 1. The number of benzene rings is 2. The number of halogens is 2. The fraction of sp³-hybridized carbons (Fsp3) is 0.0556. The van der Waals surface area contributed by atoms with E-state index in [-0.39, 0.29) is 0 Å². The highest BCUT2D eigenvalue weighted by Gasteiger charge is 2.07. The van der Waals surface area contributed by atoms with Gasteiger partial charge in [-0.15, -0.1) is 0 Å². The Balaban J connectivity index is 1.77. The van der Waals surface area contributed by atoms with Crippen LogP contribution in [0.1, 0.15) is 10.4 Å². The molecule has 0 spiro atoms. The molecule has 0 unspecified atom stereocenters. The molecule has 0 atom stereocenters. The van der Waals surface area contributed by atoms with Crippen LogP contribution in [0.4, 0.5) is 31.8 Å². The van der Waals surface area contributed by atoms with Crippen LogP contribution < -0.4 is 10.6 Å². The summed E-state index contributed by atoms with van der Waals surface area (Å²) in [4.78, 5) is 19.7. The number of nitrogens with zero attached hydrogens (tertiary/aromatic N) is 2. The van der Waals surface area contributed by atoms with E-state index in [4.69, 9.17) is 0 Å². The van der Waals surface area contributed by atoms with Crippen LogP contribution in [0.15, 0.2) is 54.9 Å². The monoisotopic (exact) mass is 356 g/mol. The lowest BCUT2D eigenvalue weighted by Crippen LogP contribution is -2.02. The molecule has 0 saturated heterocycles. The number of aromatic nitrogens is 2. The van der Waals surface area contributed by atoms with Gasteiger partial charge >= 0.3 is 5.97 Å². The van der Waals surface area contributed by atoms with Crippen LogP contribution in [-0.2, 0) is 4.74 Å². The van der Waals surface area contributed by atoms with Crippen LogP contribution in [-0.4, -0.2) is 23.0 Å². The minimum atomic E-state index is -0.956. The van der Waals surface area contributed by atoms with Crippen molar-refractivity contribution in [2.75, 3.05) is 17.7 Å². The third-order valence-corrected chi connectivity index (χ3v) is 3.42. The molecule has 2 N–H and O–H groups in total. The van der Waals surface area contributed by atoms with E-state index < -0.39 is 17.6 Å². The van der Waals surface area contributed by atoms with Gasteiger partial charge in [-0.05, 0) is 30.3 Å². The van der Waals surface area contributed by atoms with E-state index in [0.717, 1.165) is 12.1 Å². The minimum absolute atomic E-state index is 0.348. The van der Waals surface area contributed by atoms with E-state index in [1.807, 2.05) is 0 Å². The lowest BCUT2D eigenvalue weighted by molar-refractivity contribution is 0.0601. The van der Waals surface area contributed by atoms with Gasteiger partial charge in [0.25, 0.3) is 0 Å². The third-order valence-electron chi connectivity index (χ3n) is 3.42. The quantitative estimate of drug-likeness (QED) is 0.672. The predicted octanol–water partition coefficient (Wildman–Crippen LogP) is 4.03. The van der Waals surface area contributed by atoms with Gasteiger partial charge in [0.1, 0.15) is 18.0 Å². The zero-order chi connectivity index (χ0) is 18.5. The zero-order valence-electron chi connectivity index (χ0n) is 13.7. The van der Waals surface area contributed by atoms with Crippen molar-refractivity contribution in [2.24, 2.45) is 0 Å². The average molecular weight is 356 g/mol. The number of anilines is 4. The molecule has 0 aliphatic heterocycles. The van der Waals surface area contributed by atoms with Gasteiger partial charge in [-0.2, -0.15) is 0 Å². The average Bonchev–Trinajstić information content (AvgIpc) is 2.64. The van der Waals surface area contributed by atoms with Gasteiger partial charge in [0.2, 0.25) is 0 Å². The van der Waals surface area contributed by atoms with Gasteiger partial charge in [-0.25, -0.2) is 23.5 Å². The first-order chi connectivity index (χ1) is 12.5. The van der Waals surface area contributed by atoms with Crippen molar-refractivity contribution < 1.29 is 18.3 Å². The Morgan fingerprint density at radius 3 is 2.27 bits per heavy atom. The van der Waals surface area contributed by atoms with Gasteiger partial charge in [-0.3, -0.25) is 0 Å². The summed E-state index contributed by atoms with van der Waals surface area (Å²) in [6.07, 6.45) is 1.31. The number of hydrogen-bond donors (Lipinski definition) is 2. The zero-order valence-corrected chi connectivity index (χ0v) is 13.7. The molecule has 2 aromatic carbocycles. The lowest BCUT2D eigenvalue weighted by Gasteiger charge is -2.09. The topological polar surface area (TPSA) is 76.1 Å². The van der Waals surface area contributed by atoms with E-state index in [2.05, 4.69) is 25.3 Å². The molecule has 3 rings (SSSR count). The highest BCUT2D eigenvalue weighted by Crippen LogP contribution is 2.21. The molecule has 0 aliphatic carbocycles. The Kier molecular flexibility index (Phi) is 5.02. The fourth-order valence-corrected chi connectivity index (χ4v) is 2.21. The van der Waals surface area contributed by atoms with Crippen LogP contribution in [0, 0.1) is 11.6 Å². The summed E-state index contributed by atoms with van der Waals surface area (Å²) in [6, 6.07) is 11.8. The molecule has 6 nitrogen and oxygen atoms in total. The number of hydrogen-bond acceptors (Lipinski definition) is 6. The molecule has 8 heteroatoms. The largest absolute Gasteiger partial charge is 0.465 e. The van der Waals surface area contributed by atoms with Gasteiger partial charge in [-0.1, -0.05) is 6.07 Å². The Bertz CT molecular complexity index is 950. The SMILES string of the molecule is COC(=O)c1cccc(Nc2cc(Nc3ccc(F)c(F)c3)ncn2)c1. The van der Waals surface area contributed by atoms with E-state index >= 15 is 0 Å². The summed E-state index contributed by atoms with van der Waals surface area (Å²) in [7, 11) is 1.31. The molecule has 0 amide bonds. The molecule has 0 aliphatic rings. The number of carbonyl (C=O) groups excluding carboxylic acids is 1. The molecule has 26 heavy (non-hydrogen) atoms. The van der Waals surface area contributed by atoms with E-state index in [0.29, 0.717) is 28.6 Å². The number of carbonyl (C=O) groups is 1. The summed E-state index contributed by atoms with van der Waals surface area (Å²) < 4.78 is 31.0. The predicted molar refractivity (Wildman–Crippen MR) is 92.7 cm³/mol. The highest BCUT2D eigenvalue weighted by atomic mass is 19.2. The van der Waals surface area contributed by atoms with Gasteiger partial charge < -0.3 is 15.4 Å². The second-order valence-corrected chi connectivity index (χ2v) is 5.24. The molecule has 0 bridgehead atoms. The summed E-state index contributed by atoms with van der Waals surface area (Å²) in [5.41, 5.74) is 1.37. The number of esters is 1. The second-order valence-electron chi connectivity index (χ2n) is 5.24. The molecule has 0 fully saturated rings.